The zero-order valence-electron chi connectivity index (χ0n) is 11.7. The Kier molecular flexibility index (Phi) is 5.54. The number of nitrogens with one attached hydrogen (secondary N) is 2. The number of hydrazone groups is 1. The lowest BCUT2D eigenvalue weighted by molar-refractivity contribution is 0.298. The first kappa shape index (κ1) is 16.5. The fourth-order valence-corrected chi connectivity index (χ4v) is 2.30. The summed E-state index contributed by atoms with van der Waals surface area (Å²) in [5, 5.41) is 13.9. The van der Waals surface area contributed by atoms with Crippen LogP contribution in [0.5, 0.6) is 0 Å². The van der Waals surface area contributed by atoms with Crippen molar-refractivity contribution in [3.8, 4) is 0 Å². The van der Waals surface area contributed by atoms with Gasteiger partial charge in [-0.15, -0.1) is 0 Å². The maximum atomic E-state index is 11.8. The monoisotopic (exact) mass is 340 g/mol. The molecule has 3 N–H and O–H groups in total. The topological polar surface area (TPSA) is 90.4 Å². The molecule has 0 aliphatic heterocycles. The van der Waals surface area contributed by atoms with Crippen molar-refractivity contribution >= 4 is 35.4 Å². The van der Waals surface area contributed by atoms with Crippen molar-refractivity contribution in [1.29, 1.82) is 0 Å². The van der Waals surface area contributed by atoms with Gasteiger partial charge in [-0.3, -0.25) is 9.78 Å². The molecule has 0 aliphatic rings. The van der Waals surface area contributed by atoms with Crippen LogP contribution in [0.2, 0.25) is 10.0 Å². The van der Waals surface area contributed by atoms with E-state index in [0.29, 0.717) is 26.9 Å². The molecule has 0 bridgehead atoms. The first-order valence-corrected chi connectivity index (χ1v) is 7.21. The van der Waals surface area contributed by atoms with E-state index in [0.717, 1.165) is 0 Å². The van der Waals surface area contributed by atoms with Gasteiger partial charge in [0.1, 0.15) is 0 Å². The molecule has 116 valence electrons. The lowest BCUT2D eigenvalue weighted by Gasteiger charge is -2.05. The average Bonchev–Trinajstić information content (AvgIpc) is 2.45. The molecule has 0 radical (unpaired) electrons. The SMILES string of the molecule is Cc1nc(N/N=C\c2ccc(Cl)cc2Cl)[nH]c(=O)c1CCO. The zero-order valence-corrected chi connectivity index (χ0v) is 13.2. The number of halogens is 2. The summed E-state index contributed by atoms with van der Waals surface area (Å²) in [6.45, 7) is 1.59. The summed E-state index contributed by atoms with van der Waals surface area (Å²) in [7, 11) is 0. The van der Waals surface area contributed by atoms with Gasteiger partial charge in [-0.05, 0) is 19.1 Å². The smallest absolute Gasteiger partial charge is 0.255 e. The van der Waals surface area contributed by atoms with E-state index in [9.17, 15) is 4.79 Å². The number of aromatic nitrogens is 2. The first-order valence-electron chi connectivity index (χ1n) is 6.46. The predicted octanol–water partition coefficient (Wildman–Crippen LogP) is 2.37. The van der Waals surface area contributed by atoms with Crippen molar-refractivity contribution < 1.29 is 5.11 Å². The van der Waals surface area contributed by atoms with E-state index in [-0.39, 0.29) is 24.5 Å². The minimum Gasteiger partial charge on any atom is -0.396 e. The fraction of sp³-hybridized carbons (Fsp3) is 0.214. The van der Waals surface area contributed by atoms with E-state index < -0.39 is 0 Å². The maximum Gasteiger partial charge on any atom is 0.255 e. The molecule has 0 saturated carbocycles. The molecule has 0 saturated heterocycles. The lowest BCUT2D eigenvalue weighted by atomic mass is 10.2. The summed E-state index contributed by atoms with van der Waals surface area (Å²) in [4.78, 5) is 18.6. The van der Waals surface area contributed by atoms with Crippen molar-refractivity contribution in [2.45, 2.75) is 13.3 Å². The molecule has 1 aromatic carbocycles. The Balaban J connectivity index is 2.14. The van der Waals surface area contributed by atoms with Crippen LogP contribution in [0.4, 0.5) is 5.95 Å². The number of hydrogen-bond acceptors (Lipinski definition) is 5. The molecule has 0 fully saturated rings. The molecule has 0 unspecified atom stereocenters. The third-order valence-corrected chi connectivity index (χ3v) is 3.48. The highest BCUT2D eigenvalue weighted by atomic mass is 35.5. The van der Waals surface area contributed by atoms with E-state index in [1.807, 2.05) is 0 Å². The highest BCUT2D eigenvalue weighted by Crippen LogP contribution is 2.19. The molecule has 2 rings (SSSR count). The Hall–Kier alpha value is -1.89. The zero-order chi connectivity index (χ0) is 16.1. The minimum atomic E-state index is -0.302. The number of hydrogen-bond donors (Lipinski definition) is 3. The number of aryl methyl sites for hydroxylation is 1. The standard InChI is InChI=1S/C14H14Cl2N4O2/c1-8-11(4-5-21)13(22)19-14(18-8)20-17-7-9-2-3-10(15)6-12(9)16/h2-3,6-7,21H,4-5H2,1H3,(H2,18,19,20,22)/b17-7-. The van der Waals surface area contributed by atoms with Crippen LogP contribution < -0.4 is 11.0 Å². The second kappa shape index (κ2) is 7.40. The number of H-pyrrole nitrogens is 1. The normalized spacial score (nSPS) is 11.1. The molecular formula is C14H14Cl2N4O2. The van der Waals surface area contributed by atoms with Crippen LogP contribution in [0.15, 0.2) is 28.1 Å². The molecule has 8 heteroatoms. The van der Waals surface area contributed by atoms with E-state index >= 15 is 0 Å². The number of nitrogens with zero attached hydrogens (tertiary/aromatic N) is 2. The van der Waals surface area contributed by atoms with Gasteiger partial charge in [0.15, 0.2) is 0 Å². The van der Waals surface area contributed by atoms with Crippen molar-refractivity contribution in [2.24, 2.45) is 5.10 Å². The van der Waals surface area contributed by atoms with Gasteiger partial charge in [0, 0.05) is 29.2 Å². The Morgan fingerprint density at radius 3 is 2.86 bits per heavy atom. The molecule has 6 nitrogen and oxygen atoms in total. The van der Waals surface area contributed by atoms with Crippen LogP contribution in [-0.2, 0) is 6.42 Å². The van der Waals surface area contributed by atoms with Crippen molar-refractivity contribution in [3.63, 3.8) is 0 Å². The second-order valence-electron chi connectivity index (χ2n) is 4.49. The van der Waals surface area contributed by atoms with Crippen LogP contribution in [0, 0.1) is 6.92 Å². The van der Waals surface area contributed by atoms with Crippen LogP contribution in [0.3, 0.4) is 0 Å². The predicted molar refractivity (Wildman–Crippen MR) is 88.1 cm³/mol. The number of aliphatic hydroxyl groups is 1. The molecule has 0 spiro atoms. The fourth-order valence-electron chi connectivity index (χ4n) is 1.84. The molecule has 0 atom stereocenters. The molecule has 0 aliphatic carbocycles. The Labute approximate surface area is 136 Å². The summed E-state index contributed by atoms with van der Waals surface area (Å²) < 4.78 is 0. The average molecular weight is 341 g/mol. The van der Waals surface area contributed by atoms with Gasteiger partial charge in [-0.2, -0.15) is 5.10 Å². The summed E-state index contributed by atoms with van der Waals surface area (Å²) in [6, 6.07) is 5.03. The summed E-state index contributed by atoms with van der Waals surface area (Å²) in [6.07, 6.45) is 1.76. The number of anilines is 1. The summed E-state index contributed by atoms with van der Waals surface area (Å²) >= 11 is 11.8. The molecule has 0 amide bonds. The Morgan fingerprint density at radius 2 is 2.23 bits per heavy atom. The van der Waals surface area contributed by atoms with E-state index in [1.54, 1.807) is 25.1 Å². The van der Waals surface area contributed by atoms with Gasteiger partial charge in [-0.1, -0.05) is 29.3 Å². The maximum absolute atomic E-state index is 11.8. The Bertz CT molecular complexity index is 759. The third-order valence-electron chi connectivity index (χ3n) is 2.92. The van der Waals surface area contributed by atoms with Crippen molar-refractivity contribution in [3.05, 3.63) is 55.4 Å². The van der Waals surface area contributed by atoms with Gasteiger partial charge in [0.2, 0.25) is 5.95 Å². The lowest BCUT2D eigenvalue weighted by Crippen LogP contribution is -2.19. The van der Waals surface area contributed by atoms with Crippen molar-refractivity contribution in [2.75, 3.05) is 12.0 Å². The molecular weight excluding hydrogens is 327 g/mol. The van der Waals surface area contributed by atoms with Crippen molar-refractivity contribution in [1.82, 2.24) is 9.97 Å². The van der Waals surface area contributed by atoms with Crippen LogP contribution in [0.25, 0.3) is 0 Å². The highest BCUT2D eigenvalue weighted by molar-refractivity contribution is 6.36. The summed E-state index contributed by atoms with van der Waals surface area (Å²) in [5.74, 6) is 0.213. The van der Waals surface area contributed by atoms with Crippen LogP contribution in [0.1, 0.15) is 16.8 Å². The quantitative estimate of drug-likeness (QED) is 0.575. The number of aliphatic hydroxyl groups excluding tert-OH is 1. The van der Waals surface area contributed by atoms with Gasteiger partial charge >= 0.3 is 0 Å². The molecule has 1 heterocycles. The van der Waals surface area contributed by atoms with Gasteiger partial charge in [-0.25, -0.2) is 10.4 Å². The van der Waals surface area contributed by atoms with Crippen LogP contribution >= 0.6 is 23.2 Å². The number of aromatic amines is 1. The van der Waals surface area contributed by atoms with E-state index in [1.165, 1.54) is 6.21 Å². The third kappa shape index (κ3) is 4.07. The van der Waals surface area contributed by atoms with E-state index in [2.05, 4.69) is 20.5 Å². The Morgan fingerprint density at radius 1 is 1.45 bits per heavy atom. The van der Waals surface area contributed by atoms with Gasteiger partial charge in [0.25, 0.3) is 5.56 Å². The first-order chi connectivity index (χ1) is 10.5. The summed E-state index contributed by atoms with van der Waals surface area (Å²) in [5.41, 5.74) is 4.01. The second-order valence-corrected chi connectivity index (χ2v) is 5.33. The van der Waals surface area contributed by atoms with E-state index in [4.69, 9.17) is 28.3 Å². The largest absolute Gasteiger partial charge is 0.396 e. The highest BCUT2D eigenvalue weighted by Gasteiger charge is 2.07. The number of benzene rings is 1. The minimum absolute atomic E-state index is 0.106. The molecule has 22 heavy (non-hydrogen) atoms. The molecule has 1 aromatic heterocycles. The van der Waals surface area contributed by atoms with Gasteiger partial charge in [0.05, 0.1) is 16.9 Å². The van der Waals surface area contributed by atoms with Crippen LogP contribution in [-0.4, -0.2) is 27.9 Å². The number of rotatable bonds is 5. The van der Waals surface area contributed by atoms with Gasteiger partial charge < -0.3 is 5.11 Å². The molecule has 2 aromatic rings.